The van der Waals surface area contributed by atoms with E-state index in [2.05, 4.69) is 0 Å². The van der Waals surface area contributed by atoms with Gasteiger partial charge in [-0.05, 0) is 32.4 Å². The summed E-state index contributed by atoms with van der Waals surface area (Å²) in [6.45, 7) is 5.73. The van der Waals surface area contributed by atoms with Crippen LogP contribution in [0.4, 0.5) is 5.69 Å². The van der Waals surface area contributed by atoms with E-state index in [9.17, 15) is 4.79 Å². The molecule has 0 bridgehead atoms. The van der Waals surface area contributed by atoms with Crippen LogP contribution in [0.5, 0.6) is 0 Å². The third kappa shape index (κ3) is 2.18. The van der Waals surface area contributed by atoms with Gasteiger partial charge in [0.15, 0.2) is 0 Å². The Morgan fingerprint density at radius 2 is 1.88 bits per heavy atom. The fourth-order valence-electron chi connectivity index (χ4n) is 1.63. The number of benzene rings is 1. The van der Waals surface area contributed by atoms with E-state index >= 15 is 0 Å². The lowest BCUT2D eigenvalue weighted by molar-refractivity contribution is -0.145. The molecule has 1 rings (SSSR count). The zero-order valence-electron chi connectivity index (χ0n) is 10.6. The van der Waals surface area contributed by atoms with Gasteiger partial charge in [-0.3, -0.25) is 0 Å². The van der Waals surface area contributed by atoms with Gasteiger partial charge in [0.25, 0.3) is 0 Å². The first kappa shape index (κ1) is 12.6. The van der Waals surface area contributed by atoms with Gasteiger partial charge in [-0.1, -0.05) is 18.2 Å². The van der Waals surface area contributed by atoms with Crippen LogP contribution < -0.4 is 4.90 Å². The SMILES string of the molecule is COC(=O)C(C)(C)N(C)c1ccccc1C. The van der Waals surface area contributed by atoms with Crippen molar-refractivity contribution in [2.24, 2.45) is 0 Å². The standard InChI is InChI=1S/C13H19NO2/c1-10-8-6-7-9-11(10)14(4)13(2,3)12(15)16-5/h6-9H,1-5H3. The number of rotatable bonds is 3. The zero-order chi connectivity index (χ0) is 12.3. The summed E-state index contributed by atoms with van der Waals surface area (Å²) in [6, 6.07) is 7.98. The minimum Gasteiger partial charge on any atom is -0.467 e. The molecule has 16 heavy (non-hydrogen) atoms. The summed E-state index contributed by atoms with van der Waals surface area (Å²) in [5, 5.41) is 0. The van der Waals surface area contributed by atoms with Gasteiger partial charge in [0.05, 0.1) is 7.11 Å². The predicted octanol–water partition coefficient (Wildman–Crippen LogP) is 2.38. The van der Waals surface area contributed by atoms with Crippen LogP contribution in [0.15, 0.2) is 24.3 Å². The van der Waals surface area contributed by atoms with Crippen molar-refractivity contribution >= 4 is 11.7 Å². The van der Waals surface area contributed by atoms with E-state index in [1.54, 1.807) is 0 Å². The number of anilines is 1. The molecule has 3 nitrogen and oxygen atoms in total. The van der Waals surface area contributed by atoms with Gasteiger partial charge in [-0.25, -0.2) is 4.79 Å². The Morgan fingerprint density at radius 1 is 1.31 bits per heavy atom. The summed E-state index contributed by atoms with van der Waals surface area (Å²) in [4.78, 5) is 13.6. The highest BCUT2D eigenvalue weighted by atomic mass is 16.5. The van der Waals surface area contributed by atoms with Gasteiger partial charge in [-0.2, -0.15) is 0 Å². The Labute approximate surface area is 97.0 Å². The van der Waals surface area contributed by atoms with E-state index in [4.69, 9.17) is 4.74 Å². The number of ether oxygens (including phenoxy) is 1. The van der Waals surface area contributed by atoms with E-state index in [1.165, 1.54) is 7.11 Å². The number of methoxy groups -OCH3 is 1. The lowest BCUT2D eigenvalue weighted by atomic mass is 10.0. The van der Waals surface area contributed by atoms with E-state index in [1.807, 2.05) is 57.0 Å². The first-order chi connectivity index (χ1) is 7.41. The van der Waals surface area contributed by atoms with Crippen molar-refractivity contribution < 1.29 is 9.53 Å². The van der Waals surface area contributed by atoms with Crippen molar-refractivity contribution in [1.29, 1.82) is 0 Å². The number of esters is 1. The Kier molecular flexibility index (Phi) is 3.58. The summed E-state index contributed by atoms with van der Waals surface area (Å²) in [7, 11) is 3.31. The van der Waals surface area contributed by atoms with Crippen LogP contribution in [-0.4, -0.2) is 25.7 Å². The minimum atomic E-state index is -0.666. The molecule has 0 aliphatic heterocycles. The fraction of sp³-hybridized carbons (Fsp3) is 0.462. The van der Waals surface area contributed by atoms with E-state index in [0.29, 0.717) is 0 Å². The summed E-state index contributed by atoms with van der Waals surface area (Å²) >= 11 is 0. The lowest BCUT2D eigenvalue weighted by Gasteiger charge is -2.35. The number of hydrogen-bond donors (Lipinski definition) is 0. The average molecular weight is 221 g/mol. The Bertz CT molecular complexity index is 385. The van der Waals surface area contributed by atoms with Gasteiger partial charge >= 0.3 is 5.97 Å². The molecule has 3 heteroatoms. The van der Waals surface area contributed by atoms with Crippen LogP contribution in [0.25, 0.3) is 0 Å². The number of aryl methyl sites for hydroxylation is 1. The van der Waals surface area contributed by atoms with Crippen molar-refractivity contribution in [2.75, 3.05) is 19.1 Å². The molecular formula is C13H19NO2. The summed E-state index contributed by atoms with van der Waals surface area (Å²) < 4.78 is 4.82. The van der Waals surface area contributed by atoms with Crippen molar-refractivity contribution in [3.05, 3.63) is 29.8 Å². The molecule has 0 saturated heterocycles. The number of hydrogen-bond acceptors (Lipinski definition) is 3. The molecule has 0 aliphatic rings. The maximum atomic E-state index is 11.7. The molecule has 0 unspecified atom stereocenters. The van der Waals surface area contributed by atoms with Crippen LogP contribution in [0.3, 0.4) is 0 Å². The molecule has 0 atom stereocenters. The summed E-state index contributed by atoms with van der Waals surface area (Å²) in [6.07, 6.45) is 0. The highest BCUT2D eigenvalue weighted by Crippen LogP contribution is 2.26. The highest BCUT2D eigenvalue weighted by Gasteiger charge is 2.34. The molecule has 1 aromatic rings. The highest BCUT2D eigenvalue weighted by molar-refractivity contribution is 5.84. The number of likely N-dealkylation sites (N-methyl/N-ethyl adjacent to an activating group) is 1. The first-order valence-electron chi connectivity index (χ1n) is 5.29. The third-order valence-corrected chi connectivity index (χ3v) is 3.00. The Balaban J connectivity index is 3.07. The van der Waals surface area contributed by atoms with Gasteiger partial charge in [0.2, 0.25) is 0 Å². The maximum absolute atomic E-state index is 11.7. The van der Waals surface area contributed by atoms with E-state index in [-0.39, 0.29) is 5.97 Å². The Hall–Kier alpha value is -1.51. The maximum Gasteiger partial charge on any atom is 0.331 e. The van der Waals surface area contributed by atoms with Crippen LogP contribution in [0, 0.1) is 6.92 Å². The molecule has 0 heterocycles. The largest absolute Gasteiger partial charge is 0.467 e. The average Bonchev–Trinajstić information content (AvgIpc) is 2.27. The van der Waals surface area contributed by atoms with Gasteiger partial charge in [0.1, 0.15) is 5.54 Å². The van der Waals surface area contributed by atoms with Crippen molar-refractivity contribution in [1.82, 2.24) is 0 Å². The second kappa shape index (κ2) is 4.56. The molecule has 88 valence electrons. The lowest BCUT2D eigenvalue weighted by Crippen LogP contribution is -2.49. The van der Waals surface area contributed by atoms with E-state index < -0.39 is 5.54 Å². The fourth-order valence-corrected chi connectivity index (χ4v) is 1.63. The predicted molar refractivity (Wildman–Crippen MR) is 65.7 cm³/mol. The second-order valence-electron chi connectivity index (χ2n) is 4.40. The van der Waals surface area contributed by atoms with Crippen LogP contribution in [0.1, 0.15) is 19.4 Å². The zero-order valence-corrected chi connectivity index (χ0v) is 10.6. The van der Waals surface area contributed by atoms with Gasteiger partial charge in [-0.15, -0.1) is 0 Å². The quantitative estimate of drug-likeness (QED) is 0.734. The van der Waals surface area contributed by atoms with Crippen LogP contribution >= 0.6 is 0 Å². The van der Waals surface area contributed by atoms with Crippen LogP contribution in [-0.2, 0) is 9.53 Å². The Morgan fingerprint density at radius 3 is 2.38 bits per heavy atom. The van der Waals surface area contributed by atoms with Gasteiger partial charge in [0, 0.05) is 12.7 Å². The molecule has 0 saturated carbocycles. The van der Waals surface area contributed by atoms with Crippen molar-refractivity contribution in [3.8, 4) is 0 Å². The normalized spacial score (nSPS) is 11.1. The topological polar surface area (TPSA) is 29.5 Å². The molecular weight excluding hydrogens is 202 g/mol. The van der Waals surface area contributed by atoms with E-state index in [0.717, 1.165) is 11.3 Å². The minimum absolute atomic E-state index is 0.238. The molecule has 0 spiro atoms. The first-order valence-corrected chi connectivity index (χ1v) is 5.29. The molecule has 0 aliphatic carbocycles. The molecule has 0 N–H and O–H groups in total. The number of para-hydroxylation sites is 1. The molecule has 1 aromatic carbocycles. The second-order valence-corrected chi connectivity index (χ2v) is 4.40. The molecule has 0 amide bonds. The smallest absolute Gasteiger partial charge is 0.331 e. The molecule has 0 radical (unpaired) electrons. The van der Waals surface area contributed by atoms with Crippen LogP contribution in [0.2, 0.25) is 0 Å². The number of carbonyl (C=O) groups excluding carboxylic acids is 1. The molecule has 0 aromatic heterocycles. The monoisotopic (exact) mass is 221 g/mol. The third-order valence-electron chi connectivity index (χ3n) is 3.00. The van der Waals surface area contributed by atoms with Crippen molar-refractivity contribution in [3.63, 3.8) is 0 Å². The molecule has 0 fully saturated rings. The number of nitrogens with zero attached hydrogens (tertiary/aromatic N) is 1. The summed E-state index contributed by atoms with van der Waals surface area (Å²) in [5.74, 6) is -0.238. The van der Waals surface area contributed by atoms with Crippen molar-refractivity contribution in [2.45, 2.75) is 26.3 Å². The summed E-state index contributed by atoms with van der Waals surface area (Å²) in [5.41, 5.74) is 1.51. The van der Waals surface area contributed by atoms with Gasteiger partial charge < -0.3 is 9.64 Å². The number of carbonyl (C=O) groups is 1.